The van der Waals surface area contributed by atoms with E-state index in [1.807, 2.05) is 0 Å². The summed E-state index contributed by atoms with van der Waals surface area (Å²) in [6.45, 7) is 12.7. The number of ether oxygens (including phenoxy) is 1. The van der Waals surface area contributed by atoms with Gasteiger partial charge in [-0.25, -0.2) is 0 Å². The first-order valence-electron chi connectivity index (χ1n) is 8.24. The first kappa shape index (κ1) is 15.3. The number of piperidine rings is 1. The molecule has 2 aliphatic rings. The Kier molecular flexibility index (Phi) is 5.67. The van der Waals surface area contributed by atoms with Crippen molar-refractivity contribution in [3.8, 4) is 0 Å². The molecule has 2 aliphatic heterocycles. The van der Waals surface area contributed by atoms with E-state index in [0.29, 0.717) is 18.2 Å². The molecular formula is C16H32N2O. The Bertz CT molecular complexity index is 271. The first-order valence-corrected chi connectivity index (χ1v) is 8.24. The highest BCUT2D eigenvalue weighted by Crippen LogP contribution is 2.29. The normalized spacial score (nSPS) is 41.4. The van der Waals surface area contributed by atoms with Crippen LogP contribution in [0.1, 0.15) is 53.4 Å². The lowest BCUT2D eigenvalue weighted by Crippen LogP contribution is -2.57. The topological polar surface area (TPSA) is 24.5 Å². The van der Waals surface area contributed by atoms with Crippen molar-refractivity contribution in [1.29, 1.82) is 0 Å². The van der Waals surface area contributed by atoms with Crippen LogP contribution < -0.4 is 5.32 Å². The quantitative estimate of drug-likeness (QED) is 0.848. The van der Waals surface area contributed by atoms with Crippen LogP contribution in [0.15, 0.2) is 0 Å². The molecule has 0 radical (unpaired) electrons. The van der Waals surface area contributed by atoms with Gasteiger partial charge in [0.25, 0.3) is 0 Å². The predicted molar refractivity (Wildman–Crippen MR) is 80.5 cm³/mol. The maximum atomic E-state index is 5.70. The second-order valence-electron chi connectivity index (χ2n) is 6.55. The molecule has 2 heterocycles. The van der Waals surface area contributed by atoms with E-state index in [9.17, 15) is 0 Å². The van der Waals surface area contributed by atoms with Crippen LogP contribution >= 0.6 is 0 Å². The zero-order chi connectivity index (χ0) is 13.8. The molecule has 0 saturated carbocycles. The minimum atomic E-state index is 0.442. The third kappa shape index (κ3) is 3.71. The molecule has 0 bridgehead atoms. The van der Waals surface area contributed by atoms with Gasteiger partial charge in [-0.1, -0.05) is 13.8 Å². The SMILES string of the molecule is CCCNC1CCN(C2CCOC(C)C2)C(C)C1C. The number of nitrogens with zero attached hydrogens (tertiary/aromatic N) is 1. The van der Waals surface area contributed by atoms with Crippen LogP contribution in [-0.2, 0) is 4.74 Å². The number of hydrogen-bond acceptors (Lipinski definition) is 3. The Morgan fingerprint density at radius 3 is 2.68 bits per heavy atom. The maximum absolute atomic E-state index is 5.70. The van der Waals surface area contributed by atoms with Crippen LogP contribution in [0, 0.1) is 5.92 Å². The van der Waals surface area contributed by atoms with Crippen molar-refractivity contribution in [3.05, 3.63) is 0 Å². The molecule has 2 fully saturated rings. The number of rotatable bonds is 4. The standard InChI is InChI=1S/C16H32N2O/c1-5-8-17-16-6-9-18(14(4)13(16)3)15-7-10-19-12(2)11-15/h12-17H,5-11H2,1-4H3. The van der Waals surface area contributed by atoms with Gasteiger partial charge in [0.15, 0.2) is 0 Å². The van der Waals surface area contributed by atoms with Crippen molar-refractivity contribution in [2.75, 3.05) is 19.7 Å². The van der Waals surface area contributed by atoms with Gasteiger partial charge in [0.2, 0.25) is 0 Å². The molecule has 3 heteroatoms. The van der Waals surface area contributed by atoms with E-state index < -0.39 is 0 Å². The van der Waals surface area contributed by atoms with E-state index in [1.165, 1.54) is 32.2 Å². The highest BCUT2D eigenvalue weighted by atomic mass is 16.5. The van der Waals surface area contributed by atoms with Crippen molar-refractivity contribution in [2.24, 2.45) is 5.92 Å². The van der Waals surface area contributed by atoms with Gasteiger partial charge in [-0.05, 0) is 52.0 Å². The summed E-state index contributed by atoms with van der Waals surface area (Å²) < 4.78 is 5.70. The molecule has 0 aliphatic carbocycles. The van der Waals surface area contributed by atoms with E-state index in [-0.39, 0.29) is 0 Å². The smallest absolute Gasteiger partial charge is 0.0561 e. The Morgan fingerprint density at radius 2 is 2.00 bits per heavy atom. The number of hydrogen-bond donors (Lipinski definition) is 1. The number of nitrogens with one attached hydrogen (secondary N) is 1. The fourth-order valence-electron chi connectivity index (χ4n) is 3.80. The monoisotopic (exact) mass is 268 g/mol. The fraction of sp³-hybridized carbons (Fsp3) is 1.00. The van der Waals surface area contributed by atoms with Crippen LogP contribution in [0.3, 0.4) is 0 Å². The molecule has 2 rings (SSSR count). The first-order chi connectivity index (χ1) is 9.13. The van der Waals surface area contributed by atoms with Gasteiger partial charge in [0.05, 0.1) is 6.10 Å². The van der Waals surface area contributed by atoms with Crippen molar-refractivity contribution in [3.63, 3.8) is 0 Å². The van der Waals surface area contributed by atoms with Crippen LogP contribution in [0.2, 0.25) is 0 Å². The molecule has 112 valence electrons. The molecule has 2 saturated heterocycles. The third-order valence-corrected chi connectivity index (χ3v) is 5.20. The second kappa shape index (κ2) is 7.05. The molecule has 0 aromatic carbocycles. The zero-order valence-corrected chi connectivity index (χ0v) is 13.2. The van der Waals surface area contributed by atoms with Crippen LogP contribution in [-0.4, -0.2) is 48.8 Å². The zero-order valence-electron chi connectivity index (χ0n) is 13.2. The molecule has 19 heavy (non-hydrogen) atoms. The van der Waals surface area contributed by atoms with Gasteiger partial charge in [-0.2, -0.15) is 0 Å². The lowest BCUT2D eigenvalue weighted by atomic mass is 9.84. The van der Waals surface area contributed by atoms with E-state index >= 15 is 0 Å². The summed E-state index contributed by atoms with van der Waals surface area (Å²) in [5.41, 5.74) is 0. The van der Waals surface area contributed by atoms with Gasteiger partial charge < -0.3 is 10.1 Å². The molecule has 0 spiro atoms. The largest absolute Gasteiger partial charge is 0.378 e. The van der Waals surface area contributed by atoms with E-state index in [0.717, 1.165) is 25.1 Å². The summed E-state index contributed by atoms with van der Waals surface area (Å²) >= 11 is 0. The van der Waals surface area contributed by atoms with Crippen molar-refractivity contribution < 1.29 is 4.74 Å². The molecule has 5 atom stereocenters. The average Bonchev–Trinajstić information content (AvgIpc) is 2.40. The molecule has 1 N–H and O–H groups in total. The van der Waals surface area contributed by atoms with Crippen LogP contribution in [0.5, 0.6) is 0 Å². The maximum Gasteiger partial charge on any atom is 0.0561 e. The van der Waals surface area contributed by atoms with Gasteiger partial charge in [-0.15, -0.1) is 0 Å². The van der Waals surface area contributed by atoms with Crippen LogP contribution in [0.4, 0.5) is 0 Å². The predicted octanol–water partition coefficient (Wildman–Crippen LogP) is 2.65. The molecule has 3 nitrogen and oxygen atoms in total. The summed E-state index contributed by atoms with van der Waals surface area (Å²) in [7, 11) is 0. The Morgan fingerprint density at radius 1 is 1.21 bits per heavy atom. The fourth-order valence-corrected chi connectivity index (χ4v) is 3.80. The minimum Gasteiger partial charge on any atom is -0.378 e. The molecule has 0 aromatic heterocycles. The van der Waals surface area contributed by atoms with Gasteiger partial charge in [-0.3, -0.25) is 4.90 Å². The number of likely N-dealkylation sites (tertiary alicyclic amines) is 1. The van der Waals surface area contributed by atoms with Crippen molar-refractivity contribution >= 4 is 0 Å². The Labute approximate surface area is 119 Å². The molecule has 5 unspecified atom stereocenters. The van der Waals surface area contributed by atoms with Gasteiger partial charge in [0.1, 0.15) is 0 Å². The molecule has 0 amide bonds. The van der Waals surface area contributed by atoms with Gasteiger partial charge in [0, 0.05) is 31.3 Å². The van der Waals surface area contributed by atoms with E-state index in [2.05, 4.69) is 37.9 Å². The molecular weight excluding hydrogens is 236 g/mol. The molecule has 0 aromatic rings. The summed E-state index contributed by atoms with van der Waals surface area (Å²) in [6.07, 6.45) is 5.41. The minimum absolute atomic E-state index is 0.442. The Balaban J connectivity index is 1.90. The lowest BCUT2D eigenvalue weighted by molar-refractivity contribution is -0.0456. The third-order valence-electron chi connectivity index (χ3n) is 5.20. The highest BCUT2D eigenvalue weighted by molar-refractivity contribution is 4.92. The van der Waals surface area contributed by atoms with E-state index in [1.54, 1.807) is 0 Å². The van der Waals surface area contributed by atoms with Gasteiger partial charge >= 0.3 is 0 Å². The second-order valence-corrected chi connectivity index (χ2v) is 6.55. The Hall–Kier alpha value is -0.120. The summed E-state index contributed by atoms with van der Waals surface area (Å²) in [4.78, 5) is 2.76. The van der Waals surface area contributed by atoms with E-state index in [4.69, 9.17) is 4.74 Å². The average molecular weight is 268 g/mol. The van der Waals surface area contributed by atoms with Crippen molar-refractivity contribution in [2.45, 2.75) is 77.6 Å². The lowest BCUT2D eigenvalue weighted by Gasteiger charge is -2.48. The summed E-state index contributed by atoms with van der Waals surface area (Å²) in [5.74, 6) is 0.749. The van der Waals surface area contributed by atoms with Crippen molar-refractivity contribution in [1.82, 2.24) is 10.2 Å². The summed E-state index contributed by atoms with van der Waals surface area (Å²) in [6, 6.07) is 2.15. The highest BCUT2D eigenvalue weighted by Gasteiger charge is 2.36. The van der Waals surface area contributed by atoms with Crippen LogP contribution in [0.25, 0.3) is 0 Å². The summed E-state index contributed by atoms with van der Waals surface area (Å²) in [5, 5.41) is 3.73.